The van der Waals surface area contributed by atoms with Gasteiger partial charge in [-0.1, -0.05) is 19.3 Å². The van der Waals surface area contributed by atoms with Crippen molar-refractivity contribution in [3.8, 4) is 11.5 Å². The highest BCUT2D eigenvalue weighted by molar-refractivity contribution is 7.80. The van der Waals surface area contributed by atoms with Crippen LogP contribution >= 0.6 is 12.2 Å². The fourth-order valence-electron chi connectivity index (χ4n) is 2.81. The molecular formula is C16H22N4O4S. The van der Waals surface area contributed by atoms with E-state index in [-0.39, 0.29) is 17.2 Å². The number of thiocarbonyl (C=S) groups is 1. The maximum absolute atomic E-state index is 11.2. The number of benzene rings is 1. The Morgan fingerprint density at radius 2 is 2.04 bits per heavy atom. The number of nitro groups is 1. The summed E-state index contributed by atoms with van der Waals surface area (Å²) >= 11 is 5.22. The Kier molecular flexibility index (Phi) is 6.93. The van der Waals surface area contributed by atoms with Gasteiger partial charge >= 0.3 is 5.69 Å². The zero-order valence-electron chi connectivity index (χ0n) is 14.3. The second kappa shape index (κ2) is 9.16. The first-order chi connectivity index (χ1) is 12.0. The van der Waals surface area contributed by atoms with Gasteiger partial charge in [-0.05, 0) is 31.1 Å². The molecule has 0 heterocycles. The van der Waals surface area contributed by atoms with Crippen molar-refractivity contribution < 1.29 is 14.4 Å². The number of ether oxygens (including phenoxy) is 2. The van der Waals surface area contributed by atoms with Crippen molar-refractivity contribution in [2.45, 2.75) is 38.1 Å². The molecule has 0 aliphatic heterocycles. The van der Waals surface area contributed by atoms with Crippen LogP contribution < -0.4 is 20.2 Å². The number of hydrazone groups is 1. The first-order valence-electron chi connectivity index (χ1n) is 8.05. The average molecular weight is 366 g/mol. The van der Waals surface area contributed by atoms with Crippen molar-refractivity contribution in [3.05, 3.63) is 27.8 Å². The normalized spacial score (nSPS) is 15.0. The molecule has 1 aliphatic rings. The molecule has 0 saturated heterocycles. The Labute approximate surface area is 151 Å². The summed E-state index contributed by atoms with van der Waals surface area (Å²) in [4.78, 5) is 10.7. The number of nitro benzene ring substituents is 1. The summed E-state index contributed by atoms with van der Waals surface area (Å²) in [6, 6.07) is 3.35. The van der Waals surface area contributed by atoms with E-state index >= 15 is 0 Å². The highest BCUT2D eigenvalue weighted by Gasteiger charge is 2.21. The number of hydrogen-bond donors (Lipinski definition) is 2. The van der Waals surface area contributed by atoms with Crippen molar-refractivity contribution in [1.29, 1.82) is 0 Å². The van der Waals surface area contributed by atoms with Gasteiger partial charge in [0.15, 0.2) is 10.9 Å². The first kappa shape index (κ1) is 18.9. The number of methoxy groups -OCH3 is 2. The lowest BCUT2D eigenvalue weighted by Gasteiger charge is -2.23. The lowest BCUT2D eigenvalue weighted by molar-refractivity contribution is -0.385. The van der Waals surface area contributed by atoms with E-state index in [1.807, 2.05) is 0 Å². The highest BCUT2D eigenvalue weighted by atomic mass is 32.1. The molecule has 2 N–H and O–H groups in total. The molecule has 1 fully saturated rings. The monoisotopic (exact) mass is 366 g/mol. The highest BCUT2D eigenvalue weighted by Crippen LogP contribution is 2.37. The largest absolute Gasteiger partial charge is 0.493 e. The smallest absolute Gasteiger partial charge is 0.315 e. The Morgan fingerprint density at radius 3 is 2.64 bits per heavy atom. The summed E-state index contributed by atoms with van der Waals surface area (Å²) in [6.45, 7) is 0. The third-order valence-corrected chi connectivity index (χ3v) is 4.21. The third kappa shape index (κ3) is 5.28. The molecule has 1 aromatic rings. The molecule has 0 bridgehead atoms. The molecule has 0 amide bonds. The van der Waals surface area contributed by atoms with Crippen molar-refractivity contribution in [3.63, 3.8) is 0 Å². The minimum atomic E-state index is -0.526. The van der Waals surface area contributed by atoms with E-state index in [4.69, 9.17) is 21.7 Å². The fraction of sp³-hybridized carbons (Fsp3) is 0.500. The maximum atomic E-state index is 11.2. The number of nitrogens with zero attached hydrogens (tertiary/aromatic N) is 2. The van der Waals surface area contributed by atoms with Crippen LogP contribution in [-0.4, -0.2) is 36.5 Å². The minimum absolute atomic E-state index is 0.0760. The van der Waals surface area contributed by atoms with Gasteiger partial charge in [-0.3, -0.25) is 15.5 Å². The third-order valence-electron chi connectivity index (χ3n) is 4.00. The molecule has 8 nitrogen and oxygen atoms in total. The Morgan fingerprint density at radius 1 is 1.32 bits per heavy atom. The van der Waals surface area contributed by atoms with Crippen LogP contribution in [0.25, 0.3) is 0 Å². The summed E-state index contributed by atoms with van der Waals surface area (Å²) in [6.07, 6.45) is 7.34. The topological polar surface area (TPSA) is 98.0 Å². The van der Waals surface area contributed by atoms with Crippen LogP contribution in [0.15, 0.2) is 17.2 Å². The van der Waals surface area contributed by atoms with Crippen LogP contribution in [0.5, 0.6) is 11.5 Å². The van der Waals surface area contributed by atoms with Crippen molar-refractivity contribution in [2.75, 3.05) is 14.2 Å². The molecule has 0 radical (unpaired) electrons. The molecule has 9 heteroatoms. The summed E-state index contributed by atoms with van der Waals surface area (Å²) in [5.41, 5.74) is 3.05. The second-order valence-electron chi connectivity index (χ2n) is 5.71. The zero-order valence-corrected chi connectivity index (χ0v) is 15.1. The second-order valence-corrected chi connectivity index (χ2v) is 6.12. The SMILES string of the molecule is COc1cc(/C=N\NC(=S)NC2CCCCC2)cc([N+](=O)[O-])c1OC. The molecule has 0 unspecified atom stereocenters. The molecule has 0 spiro atoms. The van der Waals surface area contributed by atoms with E-state index in [1.165, 1.54) is 45.8 Å². The quantitative estimate of drug-likeness (QED) is 0.346. The molecule has 1 saturated carbocycles. The van der Waals surface area contributed by atoms with Crippen LogP contribution in [0.3, 0.4) is 0 Å². The molecule has 0 atom stereocenters. The molecule has 136 valence electrons. The van der Waals surface area contributed by atoms with Crippen LogP contribution in [0.4, 0.5) is 5.69 Å². The Hall–Kier alpha value is -2.42. The van der Waals surface area contributed by atoms with E-state index in [0.29, 0.717) is 16.7 Å². The van der Waals surface area contributed by atoms with E-state index in [0.717, 1.165) is 12.8 Å². The van der Waals surface area contributed by atoms with Crippen molar-refractivity contribution in [2.24, 2.45) is 5.10 Å². The number of rotatable bonds is 6. The summed E-state index contributed by atoms with van der Waals surface area (Å²) < 4.78 is 10.2. The standard InChI is InChI=1S/C16H22N4O4S/c1-23-14-9-11(8-13(20(21)22)15(14)24-2)10-17-19-16(25)18-12-6-4-3-5-7-12/h8-10,12H,3-7H2,1-2H3,(H2,18,19,25)/b17-10-. The van der Waals surface area contributed by atoms with Gasteiger partial charge in [-0.2, -0.15) is 5.10 Å². The lowest BCUT2D eigenvalue weighted by atomic mass is 9.96. The minimum Gasteiger partial charge on any atom is -0.493 e. The molecule has 2 rings (SSSR count). The van der Waals surface area contributed by atoms with Gasteiger partial charge in [0.25, 0.3) is 0 Å². The van der Waals surface area contributed by atoms with Gasteiger partial charge in [-0.15, -0.1) is 0 Å². The van der Waals surface area contributed by atoms with E-state index in [2.05, 4.69) is 15.8 Å². The van der Waals surface area contributed by atoms with Gasteiger partial charge in [-0.25, -0.2) is 0 Å². The Balaban J connectivity index is 2.03. The van der Waals surface area contributed by atoms with Gasteiger partial charge < -0.3 is 14.8 Å². The van der Waals surface area contributed by atoms with Crippen LogP contribution in [0, 0.1) is 10.1 Å². The average Bonchev–Trinajstić information content (AvgIpc) is 2.61. The molecule has 1 aliphatic carbocycles. The predicted octanol–water partition coefficient (Wildman–Crippen LogP) is 2.74. The van der Waals surface area contributed by atoms with Crippen LogP contribution in [0.1, 0.15) is 37.7 Å². The summed E-state index contributed by atoms with van der Waals surface area (Å²) in [5.74, 6) is 0.341. The van der Waals surface area contributed by atoms with E-state index in [1.54, 1.807) is 6.07 Å². The molecular weight excluding hydrogens is 344 g/mol. The summed E-state index contributed by atoms with van der Waals surface area (Å²) in [7, 11) is 2.78. The van der Waals surface area contributed by atoms with Gasteiger partial charge in [0, 0.05) is 17.7 Å². The molecule has 0 aromatic heterocycles. The van der Waals surface area contributed by atoms with Crippen molar-refractivity contribution in [1.82, 2.24) is 10.7 Å². The number of hydrogen-bond acceptors (Lipinski definition) is 6. The lowest BCUT2D eigenvalue weighted by Crippen LogP contribution is -2.40. The van der Waals surface area contributed by atoms with E-state index in [9.17, 15) is 10.1 Å². The first-order valence-corrected chi connectivity index (χ1v) is 8.46. The van der Waals surface area contributed by atoms with Crippen molar-refractivity contribution >= 4 is 29.2 Å². The zero-order chi connectivity index (χ0) is 18.2. The van der Waals surface area contributed by atoms with Crippen LogP contribution in [0.2, 0.25) is 0 Å². The predicted molar refractivity (Wildman–Crippen MR) is 99.5 cm³/mol. The fourth-order valence-corrected chi connectivity index (χ4v) is 3.02. The van der Waals surface area contributed by atoms with Gasteiger partial charge in [0.2, 0.25) is 5.75 Å². The van der Waals surface area contributed by atoms with E-state index < -0.39 is 4.92 Å². The maximum Gasteiger partial charge on any atom is 0.315 e. The Bertz CT molecular complexity index is 660. The van der Waals surface area contributed by atoms with Gasteiger partial charge in [0.1, 0.15) is 0 Å². The molecule has 1 aromatic carbocycles. The number of nitrogens with one attached hydrogen (secondary N) is 2. The van der Waals surface area contributed by atoms with Gasteiger partial charge in [0.05, 0.1) is 25.4 Å². The molecule has 25 heavy (non-hydrogen) atoms. The summed E-state index contributed by atoms with van der Waals surface area (Å²) in [5, 5.41) is 18.9. The van der Waals surface area contributed by atoms with Crippen LogP contribution in [-0.2, 0) is 0 Å².